The highest BCUT2D eigenvalue weighted by Crippen LogP contribution is 2.48. The second-order valence-corrected chi connectivity index (χ2v) is 7.97. The van der Waals surface area contributed by atoms with Crippen LogP contribution in [-0.2, 0) is 4.75 Å². The van der Waals surface area contributed by atoms with Gasteiger partial charge in [0.2, 0.25) is 0 Å². The number of thioether (sulfide) groups is 2. The molecule has 0 fully saturated rings. The second kappa shape index (κ2) is 8.61. The predicted octanol–water partition coefficient (Wildman–Crippen LogP) is 5.39. The topological polar surface area (TPSA) is 26.0 Å². The van der Waals surface area contributed by atoms with Crippen LogP contribution in [0.1, 0.15) is 16.7 Å². The summed E-state index contributed by atoms with van der Waals surface area (Å²) in [7, 11) is 0. The summed E-state index contributed by atoms with van der Waals surface area (Å²) in [6, 6.07) is 30.4. The lowest BCUT2D eigenvalue weighted by Crippen LogP contribution is -2.27. The van der Waals surface area contributed by atoms with Gasteiger partial charge in [-0.1, -0.05) is 72.8 Å². The average Bonchev–Trinajstić information content (AvgIpc) is 2.71. The molecule has 2 N–H and O–H groups in total. The molecular formula is C22H23NS2. The van der Waals surface area contributed by atoms with Crippen LogP contribution in [0, 0.1) is 0 Å². The molecule has 0 radical (unpaired) electrons. The molecule has 0 saturated heterocycles. The third-order valence-corrected chi connectivity index (χ3v) is 6.62. The van der Waals surface area contributed by atoms with Crippen LogP contribution in [0.4, 0.5) is 0 Å². The Balaban J connectivity index is 2.23. The second-order valence-electron chi connectivity index (χ2n) is 5.78. The summed E-state index contributed by atoms with van der Waals surface area (Å²) in [4.78, 5) is 1.28. The van der Waals surface area contributed by atoms with E-state index in [1.165, 1.54) is 21.6 Å². The zero-order valence-corrected chi connectivity index (χ0v) is 16.0. The Morgan fingerprint density at radius 2 is 1.20 bits per heavy atom. The van der Waals surface area contributed by atoms with Gasteiger partial charge in [0, 0.05) is 17.2 Å². The first-order valence-electron chi connectivity index (χ1n) is 8.41. The van der Waals surface area contributed by atoms with E-state index in [-0.39, 0.29) is 4.75 Å². The molecule has 0 aliphatic heterocycles. The van der Waals surface area contributed by atoms with E-state index < -0.39 is 0 Å². The lowest BCUT2D eigenvalue weighted by atomic mass is 9.84. The Morgan fingerprint density at radius 1 is 0.720 bits per heavy atom. The maximum atomic E-state index is 5.89. The number of benzene rings is 3. The molecule has 1 nitrogen and oxygen atoms in total. The molecule has 128 valence electrons. The molecule has 0 aliphatic rings. The summed E-state index contributed by atoms with van der Waals surface area (Å²) in [6.07, 6.45) is 2.11. The van der Waals surface area contributed by atoms with Crippen molar-refractivity contribution in [3.8, 4) is 0 Å². The molecule has 3 heteroatoms. The van der Waals surface area contributed by atoms with Crippen molar-refractivity contribution in [3.05, 3.63) is 102 Å². The minimum atomic E-state index is -0.251. The molecule has 3 rings (SSSR count). The monoisotopic (exact) mass is 365 g/mol. The molecule has 0 saturated carbocycles. The van der Waals surface area contributed by atoms with E-state index in [1.807, 2.05) is 11.8 Å². The van der Waals surface area contributed by atoms with Gasteiger partial charge in [-0.2, -0.15) is 0 Å². The smallest absolute Gasteiger partial charge is 0.0907 e. The third-order valence-electron chi connectivity index (χ3n) is 4.29. The highest BCUT2D eigenvalue weighted by Gasteiger charge is 2.36. The van der Waals surface area contributed by atoms with Crippen LogP contribution in [0.2, 0.25) is 0 Å². The van der Waals surface area contributed by atoms with E-state index in [1.54, 1.807) is 11.8 Å². The van der Waals surface area contributed by atoms with Gasteiger partial charge >= 0.3 is 0 Å². The van der Waals surface area contributed by atoms with Crippen molar-refractivity contribution in [3.63, 3.8) is 0 Å². The zero-order valence-electron chi connectivity index (χ0n) is 14.4. The highest BCUT2D eigenvalue weighted by atomic mass is 32.2. The average molecular weight is 366 g/mol. The summed E-state index contributed by atoms with van der Waals surface area (Å²) in [6.45, 7) is 0.662. The summed E-state index contributed by atoms with van der Waals surface area (Å²) >= 11 is 3.68. The molecule has 0 unspecified atom stereocenters. The van der Waals surface area contributed by atoms with Gasteiger partial charge in [-0.25, -0.2) is 0 Å². The van der Waals surface area contributed by atoms with E-state index in [2.05, 4.69) is 91.2 Å². The molecule has 0 amide bonds. The first kappa shape index (κ1) is 18.1. The summed E-state index contributed by atoms with van der Waals surface area (Å²) in [5.74, 6) is 0.897. The van der Waals surface area contributed by atoms with Crippen molar-refractivity contribution in [2.75, 3.05) is 18.6 Å². The summed E-state index contributed by atoms with van der Waals surface area (Å²) < 4.78 is -0.251. The van der Waals surface area contributed by atoms with Crippen LogP contribution in [0.15, 0.2) is 89.8 Å². The molecule has 3 aromatic rings. The molecule has 0 spiro atoms. The maximum Gasteiger partial charge on any atom is 0.0907 e. The minimum Gasteiger partial charge on any atom is -0.330 e. The van der Waals surface area contributed by atoms with E-state index >= 15 is 0 Å². The molecule has 0 heterocycles. The van der Waals surface area contributed by atoms with Crippen molar-refractivity contribution in [2.24, 2.45) is 5.73 Å². The lowest BCUT2D eigenvalue weighted by Gasteiger charge is -2.35. The Hall–Kier alpha value is -1.68. The standard InChI is InChI=1S/C22H23NS2/c1-24-21-14-12-20(13-15-21)22(25-17-16-23,18-8-4-2-5-9-18)19-10-6-3-7-11-19/h2-15H,16-17,23H2,1H3. The fourth-order valence-electron chi connectivity index (χ4n) is 3.13. The molecular weight excluding hydrogens is 342 g/mol. The fourth-order valence-corrected chi connectivity index (χ4v) is 4.87. The van der Waals surface area contributed by atoms with Crippen molar-refractivity contribution in [2.45, 2.75) is 9.64 Å². The Labute approximate surface area is 159 Å². The third kappa shape index (κ3) is 3.79. The Kier molecular flexibility index (Phi) is 6.24. The van der Waals surface area contributed by atoms with Crippen LogP contribution in [-0.4, -0.2) is 18.6 Å². The number of nitrogens with two attached hydrogens (primary N) is 1. The van der Waals surface area contributed by atoms with Crippen molar-refractivity contribution < 1.29 is 0 Å². The van der Waals surface area contributed by atoms with Gasteiger partial charge in [0.05, 0.1) is 4.75 Å². The summed E-state index contributed by atoms with van der Waals surface area (Å²) in [5.41, 5.74) is 9.76. The largest absolute Gasteiger partial charge is 0.330 e. The lowest BCUT2D eigenvalue weighted by molar-refractivity contribution is 0.890. The maximum absolute atomic E-state index is 5.89. The number of hydrogen-bond donors (Lipinski definition) is 1. The Bertz CT molecular complexity index is 731. The van der Waals surface area contributed by atoms with E-state index in [4.69, 9.17) is 5.73 Å². The van der Waals surface area contributed by atoms with Gasteiger partial charge in [-0.3, -0.25) is 0 Å². The van der Waals surface area contributed by atoms with E-state index in [0.717, 1.165) is 5.75 Å². The fraction of sp³-hybridized carbons (Fsp3) is 0.182. The minimum absolute atomic E-state index is 0.251. The normalized spacial score (nSPS) is 11.4. The highest BCUT2D eigenvalue weighted by molar-refractivity contribution is 8.00. The van der Waals surface area contributed by atoms with Gasteiger partial charge in [0.25, 0.3) is 0 Å². The van der Waals surface area contributed by atoms with Gasteiger partial charge in [0.15, 0.2) is 0 Å². The molecule has 0 atom stereocenters. The van der Waals surface area contributed by atoms with E-state index in [9.17, 15) is 0 Å². The van der Waals surface area contributed by atoms with Crippen LogP contribution in [0.5, 0.6) is 0 Å². The molecule has 0 bridgehead atoms. The number of hydrogen-bond acceptors (Lipinski definition) is 3. The SMILES string of the molecule is CSc1ccc(C(SCCN)(c2ccccc2)c2ccccc2)cc1. The van der Waals surface area contributed by atoms with E-state index in [0.29, 0.717) is 6.54 Å². The molecule has 0 aromatic heterocycles. The Morgan fingerprint density at radius 3 is 1.64 bits per heavy atom. The van der Waals surface area contributed by atoms with Gasteiger partial charge < -0.3 is 5.73 Å². The molecule has 3 aromatic carbocycles. The van der Waals surface area contributed by atoms with Crippen molar-refractivity contribution in [1.29, 1.82) is 0 Å². The zero-order chi connectivity index (χ0) is 17.5. The quantitative estimate of drug-likeness (QED) is 0.449. The number of rotatable bonds is 7. The molecule has 25 heavy (non-hydrogen) atoms. The predicted molar refractivity (Wildman–Crippen MR) is 113 cm³/mol. The van der Waals surface area contributed by atoms with Crippen LogP contribution < -0.4 is 5.73 Å². The van der Waals surface area contributed by atoms with Crippen LogP contribution in [0.3, 0.4) is 0 Å². The van der Waals surface area contributed by atoms with Gasteiger partial charge in [0.1, 0.15) is 0 Å². The van der Waals surface area contributed by atoms with Gasteiger partial charge in [-0.15, -0.1) is 23.5 Å². The molecule has 0 aliphatic carbocycles. The van der Waals surface area contributed by atoms with Gasteiger partial charge in [-0.05, 0) is 35.1 Å². The first-order valence-corrected chi connectivity index (χ1v) is 10.6. The van der Waals surface area contributed by atoms with Crippen molar-refractivity contribution >= 4 is 23.5 Å². The first-order chi connectivity index (χ1) is 12.3. The van der Waals surface area contributed by atoms with Crippen molar-refractivity contribution in [1.82, 2.24) is 0 Å². The van der Waals surface area contributed by atoms with Crippen LogP contribution >= 0.6 is 23.5 Å². The summed E-state index contributed by atoms with van der Waals surface area (Å²) in [5, 5.41) is 0. The van der Waals surface area contributed by atoms with Crippen LogP contribution in [0.25, 0.3) is 0 Å².